The topological polar surface area (TPSA) is 85.9 Å². The Morgan fingerprint density at radius 2 is 2.07 bits per heavy atom. The molecule has 0 amide bonds. The summed E-state index contributed by atoms with van der Waals surface area (Å²) < 4.78 is 31.8. The van der Waals surface area contributed by atoms with Gasteiger partial charge in [-0.05, 0) is 18.2 Å². The van der Waals surface area contributed by atoms with Crippen molar-refractivity contribution in [2.75, 3.05) is 0 Å². The van der Waals surface area contributed by atoms with E-state index in [9.17, 15) is 13.0 Å². The summed E-state index contributed by atoms with van der Waals surface area (Å²) in [5.41, 5.74) is 1.17. The molecule has 1 heterocycles. The minimum absolute atomic E-state index is 0. The average Bonchev–Trinajstić information content (AvgIpc) is 2.47. The standard InChI is InChI=1S/C7H6N2O3S.Na/c10-13(11,12)5-1-2-6-7(3-5)9-4-8-6;/h1-4H,(H,8,9)(H,10,11,12);/q;+1/p-1. The van der Waals surface area contributed by atoms with Gasteiger partial charge in [-0.3, -0.25) is 0 Å². The molecule has 0 spiro atoms. The fraction of sp³-hybridized carbons (Fsp3) is 0. The van der Waals surface area contributed by atoms with E-state index in [1.165, 1.54) is 24.5 Å². The molecule has 0 aliphatic heterocycles. The zero-order valence-corrected chi connectivity index (χ0v) is 10.2. The van der Waals surface area contributed by atoms with Crippen molar-refractivity contribution in [2.24, 2.45) is 0 Å². The average molecular weight is 220 g/mol. The van der Waals surface area contributed by atoms with Crippen molar-refractivity contribution in [2.45, 2.75) is 4.90 Å². The normalized spacial score (nSPS) is 11.2. The van der Waals surface area contributed by atoms with Crippen molar-refractivity contribution < 1.29 is 42.5 Å². The van der Waals surface area contributed by atoms with Gasteiger partial charge in [0.25, 0.3) is 0 Å². The minimum atomic E-state index is -4.37. The summed E-state index contributed by atoms with van der Waals surface area (Å²) in [6.07, 6.45) is 1.44. The van der Waals surface area contributed by atoms with Gasteiger partial charge in [-0.15, -0.1) is 0 Å². The zero-order chi connectivity index (χ0) is 9.47. The van der Waals surface area contributed by atoms with Crippen LogP contribution < -0.4 is 29.6 Å². The van der Waals surface area contributed by atoms with E-state index in [1.54, 1.807) is 0 Å². The van der Waals surface area contributed by atoms with Crippen LogP contribution in [0.3, 0.4) is 0 Å². The Hall–Kier alpha value is -0.400. The van der Waals surface area contributed by atoms with Gasteiger partial charge in [-0.25, -0.2) is 13.4 Å². The third kappa shape index (κ3) is 2.15. The van der Waals surface area contributed by atoms with E-state index in [1.807, 2.05) is 0 Å². The molecule has 0 fully saturated rings. The molecule has 0 aliphatic carbocycles. The number of hydrogen-bond acceptors (Lipinski definition) is 4. The second-order valence-corrected chi connectivity index (χ2v) is 3.92. The second kappa shape index (κ2) is 4.00. The number of fused-ring (bicyclic) bond motifs is 1. The summed E-state index contributed by atoms with van der Waals surface area (Å²) in [7, 11) is -4.37. The smallest absolute Gasteiger partial charge is 0.744 e. The predicted molar refractivity (Wildman–Crippen MR) is 44.1 cm³/mol. The molecule has 0 aliphatic rings. The van der Waals surface area contributed by atoms with Crippen LogP contribution in [-0.4, -0.2) is 22.9 Å². The molecule has 2 rings (SSSR count). The molecule has 1 aromatic carbocycles. The minimum Gasteiger partial charge on any atom is -0.744 e. The van der Waals surface area contributed by atoms with Gasteiger partial charge in [-0.1, -0.05) is 0 Å². The van der Waals surface area contributed by atoms with E-state index in [2.05, 4.69) is 9.97 Å². The largest absolute Gasteiger partial charge is 1.00 e. The van der Waals surface area contributed by atoms with Crippen molar-refractivity contribution in [3.05, 3.63) is 24.5 Å². The first-order valence-electron chi connectivity index (χ1n) is 3.46. The Bertz CT molecular complexity index is 549. The SMILES string of the molecule is O=S(=O)([O-])c1ccc2nc[nH]c2c1.[Na+]. The molecule has 2 aromatic rings. The van der Waals surface area contributed by atoms with Crippen molar-refractivity contribution in [3.8, 4) is 0 Å². The van der Waals surface area contributed by atoms with Crippen LogP contribution in [-0.2, 0) is 10.1 Å². The molecule has 0 radical (unpaired) electrons. The summed E-state index contributed by atoms with van der Waals surface area (Å²) in [6.45, 7) is 0. The fourth-order valence-electron chi connectivity index (χ4n) is 1.07. The third-order valence-electron chi connectivity index (χ3n) is 1.68. The molecule has 0 saturated heterocycles. The third-order valence-corrected chi connectivity index (χ3v) is 2.51. The van der Waals surface area contributed by atoms with Gasteiger partial charge >= 0.3 is 29.6 Å². The van der Waals surface area contributed by atoms with Gasteiger partial charge in [0.1, 0.15) is 10.1 Å². The molecular formula is C7H5N2NaO3S. The van der Waals surface area contributed by atoms with Gasteiger partial charge < -0.3 is 9.54 Å². The molecule has 0 atom stereocenters. The van der Waals surface area contributed by atoms with Crippen molar-refractivity contribution in [3.63, 3.8) is 0 Å². The van der Waals surface area contributed by atoms with E-state index in [4.69, 9.17) is 0 Å². The molecule has 7 heteroatoms. The number of hydrogen-bond donors (Lipinski definition) is 1. The van der Waals surface area contributed by atoms with Gasteiger partial charge in [-0.2, -0.15) is 0 Å². The number of aromatic amines is 1. The van der Waals surface area contributed by atoms with E-state index >= 15 is 0 Å². The summed E-state index contributed by atoms with van der Waals surface area (Å²) in [5, 5.41) is 0. The molecule has 0 unspecified atom stereocenters. The monoisotopic (exact) mass is 220 g/mol. The number of benzene rings is 1. The maximum atomic E-state index is 10.6. The molecule has 1 aromatic heterocycles. The van der Waals surface area contributed by atoms with Crippen molar-refractivity contribution >= 4 is 21.2 Å². The van der Waals surface area contributed by atoms with E-state index in [0.717, 1.165) is 0 Å². The predicted octanol–water partition coefficient (Wildman–Crippen LogP) is -2.53. The summed E-state index contributed by atoms with van der Waals surface area (Å²) in [4.78, 5) is 6.36. The molecule has 0 saturated carbocycles. The van der Waals surface area contributed by atoms with Crippen LogP contribution >= 0.6 is 0 Å². The van der Waals surface area contributed by atoms with Crippen LogP contribution in [0.5, 0.6) is 0 Å². The maximum Gasteiger partial charge on any atom is 1.00 e. The van der Waals surface area contributed by atoms with Gasteiger partial charge in [0.2, 0.25) is 0 Å². The van der Waals surface area contributed by atoms with Crippen molar-refractivity contribution in [1.82, 2.24) is 9.97 Å². The molecule has 5 nitrogen and oxygen atoms in total. The van der Waals surface area contributed by atoms with Crippen LogP contribution in [0.2, 0.25) is 0 Å². The van der Waals surface area contributed by atoms with Crippen molar-refractivity contribution in [1.29, 1.82) is 0 Å². The second-order valence-electron chi connectivity index (χ2n) is 2.54. The summed E-state index contributed by atoms with van der Waals surface area (Å²) in [6, 6.07) is 3.99. The quantitative estimate of drug-likeness (QED) is 0.424. The number of nitrogens with zero attached hydrogens (tertiary/aromatic N) is 1. The van der Waals surface area contributed by atoms with Gasteiger partial charge in [0.15, 0.2) is 0 Å². The van der Waals surface area contributed by atoms with Gasteiger partial charge in [0.05, 0.1) is 22.3 Å². The maximum absolute atomic E-state index is 10.6. The molecule has 68 valence electrons. The van der Waals surface area contributed by atoms with Crippen LogP contribution in [0.15, 0.2) is 29.4 Å². The number of imidazole rings is 1. The Kier molecular flexibility index (Phi) is 3.33. The Labute approximate surface area is 103 Å². The fourth-order valence-corrected chi connectivity index (χ4v) is 1.57. The Morgan fingerprint density at radius 3 is 2.71 bits per heavy atom. The Morgan fingerprint density at radius 1 is 1.36 bits per heavy atom. The number of nitrogens with one attached hydrogen (secondary N) is 1. The first-order valence-corrected chi connectivity index (χ1v) is 4.87. The molecule has 1 N–H and O–H groups in total. The number of rotatable bonds is 1. The first-order chi connectivity index (χ1) is 6.07. The van der Waals surface area contributed by atoms with Crippen LogP contribution in [0.1, 0.15) is 0 Å². The summed E-state index contributed by atoms with van der Waals surface area (Å²) >= 11 is 0. The molecule has 14 heavy (non-hydrogen) atoms. The Balaban J connectivity index is 0.000000980. The van der Waals surface area contributed by atoms with Crippen LogP contribution in [0.4, 0.5) is 0 Å². The van der Waals surface area contributed by atoms with E-state index in [-0.39, 0.29) is 34.5 Å². The van der Waals surface area contributed by atoms with E-state index < -0.39 is 10.1 Å². The number of aromatic nitrogens is 2. The summed E-state index contributed by atoms with van der Waals surface area (Å²) in [5.74, 6) is 0. The molecule has 0 bridgehead atoms. The zero-order valence-electron chi connectivity index (χ0n) is 7.39. The van der Waals surface area contributed by atoms with Crippen LogP contribution in [0.25, 0.3) is 11.0 Å². The van der Waals surface area contributed by atoms with Gasteiger partial charge in [0, 0.05) is 0 Å². The van der Waals surface area contributed by atoms with E-state index in [0.29, 0.717) is 11.0 Å². The number of H-pyrrole nitrogens is 1. The molecular weight excluding hydrogens is 215 g/mol. The van der Waals surface area contributed by atoms with Crippen LogP contribution in [0, 0.1) is 0 Å². The first kappa shape index (κ1) is 11.7.